The molecule has 0 bridgehead atoms. The predicted molar refractivity (Wildman–Crippen MR) is 78.2 cm³/mol. The SMILES string of the molecule is CCCN(CCC)Cc1ccc(C(N)=S)cc1. The van der Waals surface area contributed by atoms with Gasteiger partial charge in [0.15, 0.2) is 0 Å². The molecule has 0 saturated carbocycles. The van der Waals surface area contributed by atoms with Crippen LogP contribution in [0.25, 0.3) is 0 Å². The van der Waals surface area contributed by atoms with Crippen molar-refractivity contribution in [3.8, 4) is 0 Å². The monoisotopic (exact) mass is 250 g/mol. The number of benzene rings is 1. The highest BCUT2D eigenvalue weighted by Crippen LogP contribution is 2.08. The van der Waals surface area contributed by atoms with Gasteiger partial charge in [-0.3, -0.25) is 4.90 Å². The van der Waals surface area contributed by atoms with Crippen molar-refractivity contribution in [2.75, 3.05) is 13.1 Å². The fourth-order valence-corrected chi connectivity index (χ4v) is 2.07. The lowest BCUT2D eigenvalue weighted by atomic mass is 10.1. The molecule has 0 heterocycles. The highest BCUT2D eigenvalue weighted by atomic mass is 32.1. The summed E-state index contributed by atoms with van der Waals surface area (Å²) in [6.45, 7) is 7.77. The maximum atomic E-state index is 5.58. The third-order valence-electron chi connectivity index (χ3n) is 2.72. The first-order chi connectivity index (χ1) is 8.17. The summed E-state index contributed by atoms with van der Waals surface area (Å²) in [6.07, 6.45) is 2.40. The summed E-state index contributed by atoms with van der Waals surface area (Å²) in [7, 11) is 0. The van der Waals surface area contributed by atoms with Gasteiger partial charge in [0.2, 0.25) is 0 Å². The molecule has 94 valence electrons. The molecule has 2 nitrogen and oxygen atoms in total. The van der Waals surface area contributed by atoms with Crippen molar-refractivity contribution in [3.05, 3.63) is 35.4 Å². The van der Waals surface area contributed by atoms with Gasteiger partial charge in [0.1, 0.15) is 4.99 Å². The lowest BCUT2D eigenvalue weighted by Crippen LogP contribution is -2.24. The minimum absolute atomic E-state index is 0.468. The Morgan fingerprint density at radius 2 is 1.65 bits per heavy atom. The fraction of sp³-hybridized carbons (Fsp3) is 0.500. The normalized spacial score (nSPS) is 10.8. The summed E-state index contributed by atoms with van der Waals surface area (Å²) in [6, 6.07) is 8.25. The molecule has 3 heteroatoms. The van der Waals surface area contributed by atoms with E-state index in [4.69, 9.17) is 18.0 Å². The van der Waals surface area contributed by atoms with Gasteiger partial charge in [-0.1, -0.05) is 50.3 Å². The van der Waals surface area contributed by atoms with Gasteiger partial charge in [0, 0.05) is 12.1 Å². The van der Waals surface area contributed by atoms with Crippen molar-refractivity contribution >= 4 is 17.2 Å². The average molecular weight is 250 g/mol. The van der Waals surface area contributed by atoms with Crippen LogP contribution in [0.3, 0.4) is 0 Å². The van der Waals surface area contributed by atoms with Gasteiger partial charge in [-0.15, -0.1) is 0 Å². The molecule has 0 radical (unpaired) electrons. The second kappa shape index (κ2) is 7.41. The van der Waals surface area contributed by atoms with Gasteiger partial charge in [0.25, 0.3) is 0 Å². The lowest BCUT2D eigenvalue weighted by molar-refractivity contribution is 0.266. The van der Waals surface area contributed by atoms with E-state index in [2.05, 4.69) is 30.9 Å². The maximum Gasteiger partial charge on any atom is 0.103 e. The Labute approximate surface area is 110 Å². The quantitative estimate of drug-likeness (QED) is 0.754. The summed E-state index contributed by atoms with van der Waals surface area (Å²) in [5, 5.41) is 0. The van der Waals surface area contributed by atoms with E-state index in [9.17, 15) is 0 Å². The van der Waals surface area contributed by atoms with Crippen LogP contribution in [0.15, 0.2) is 24.3 Å². The second-order valence-electron chi connectivity index (χ2n) is 4.34. The Bertz CT molecular complexity index is 340. The number of rotatable bonds is 7. The topological polar surface area (TPSA) is 29.3 Å². The summed E-state index contributed by atoms with van der Waals surface area (Å²) < 4.78 is 0. The van der Waals surface area contributed by atoms with Crippen LogP contribution in [0.2, 0.25) is 0 Å². The molecule has 0 aliphatic heterocycles. The zero-order valence-electron chi connectivity index (χ0n) is 10.8. The molecular weight excluding hydrogens is 228 g/mol. The van der Waals surface area contributed by atoms with Gasteiger partial charge < -0.3 is 5.73 Å². The molecule has 0 fully saturated rings. The zero-order valence-corrected chi connectivity index (χ0v) is 11.6. The summed E-state index contributed by atoms with van der Waals surface area (Å²) in [5.74, 6) is 0. The van der Waals surface area contributed by atoms with Crippen molar-refractivity contribution in [1.29, 1.82) is 0 Å². The molecule has 1 rings (SSSR count). The van der Waals surface area contributed by atoms with Gasteiger partial charge in [-0.2, -0.15) is 0 Å². The van der Waals surface area contributed by atoms with E-state index in [0.717, 1.165) is 25.2 Å². The molecule has 1 aromatic carbocycles. The van der Waals surface area contributed by atoms with Crippen molar-refractivity contribution in [3.63, 3.8) is 0 Å². The van der Waals surface area contributed by atoms with Crippen LogP contribution in [0.1, 0.15) is 37.8 Å². The third-order valence-corrected chi connectivity index (χ3v) is 2.96. The number of hydrogen-bond donors (Lipinski definition) is 1. The molecule has 2 N–H and O–H groups in total. The average Bonchev–Trinajstić information content (AvgIpc) is 2.30. The van der Waals surface area contributed by atoms with Crippen molar-refractivity contribution in [2.24, 2.45) is 5.73 Å². The van der Waals surface area contributed by atoms with Crippen molar-refractivity contribution < 1.29 is 0 Å². The summed E-state index contributed by atoms with van der Waals surface area (Å²) >= 11 is 4.94. The molecule has 0 amide bonds. The molecule has 0 unspecified atom stereocenters. The number of thiocarbonyl (C=S) groups is 1. The minimum atomic E-state index is 0.468. The Morgan fingerprint density at radius 1 is 1.12 bits per heavy atom. The number of nitrogens with zero attached hydrogens (tertiary/aromatic N) is 1. The first-order valence-electron chi connectivity index (χ1n) is 6.28. The smallest absolute Gasteiger partial charge is 0.103 e. The highest BCUT2D eigenvalue weighted by molar-refractivity contribution is 7.80. The van der Waals surface area contributed by atoms with Crippen molar-refractivity contribution in [2.45, 2.75) is 33.2 Å². The van der Waals surface area contributed by atoms with E-state index in [1.807, 2.05) is 12.1 Å². The number of nitrogens with two attached hydrogens (primary N) is 1. The van der Waals surface area contributed by atoms with Crippen molar-refractivity contribution in [1.82, 2.24) is 4.90 Å². The molecular formula is C14H22N2S. The standard InChI is InChI=1S/C14H22N2S/c1-3-9-16(10-4-2)11-12-5-7-13(8-6-12)14(15)17/h5-8H,3-4,9-11H2,1-2H3,(H2,15,17). The van der Waals surface area contributed by atoms with Gasteiger partial charge in [0.05, 0.1) is 0 Å². The fourth-order valence-electron chi connectivity index (χ4n) is 1.93. The third kappa shape index (κ3) is 4.84. The molecule has 0 spiro atoms. The molecule has 1 aromatic rings. The Balaban J connectivity index is 2.62. The van der Waals surface area contributed by atoms with Crippen LogP contribution in [0.4, 0.5) is 0 Å². The van der Waals surface area contributed by atoms with E-state index < -0.39 is 0 Å². The molecule has 0 aromatic heterocycles. The van der Waals surface area contributed by atoms with Crippen LogP contribution in [-0.4, -0.2) is 23.0 Å². The lowest BCUT2D eigenvalue weighted by Gasteiger charge is -2.21. The summed E-state index contributed by atoms with van der Waals surface area (Å²) in [5.41, 5.74) is 7.85. The molecule has 0 aliphatic carbocycles. The van der Waals surface area contributed by atoms with Gasteiger partial charge in [-0.05, 0) is 31.5 Å². The Morgan fingerprint density at radius 3 is 2.06 bits per heavy atom. The first kappa shape index (κ1) is 14.1. The second-order valence-corrected chi connectivity index (χ2v) is 4.78. The van der Waals surface area contributed by atoms with Crippen LogP contribution in [0, 0.1) is 0 Å². The van der Waals surface area contributed by atoms with Crippen LogP contribution in [0.5, 0.6) is 0 Å². The van der Waals surface area contributed by atoms with E-state index in [0.29, 0.717) is 4.99 Å². The van der Waals surface area contributed by atoms with E-state index in [-0.39, 0.29) is 0 Å². The van der Waals surface area contributed by atoms with Gasteiger partial charge in [-0.25, -0.2) is 0 Å². The molecule has 0 atom stereocenters. The van der Waals surface area contributed by atoms with Crippen LogP contribution in [-0.2, 0) is 6.54 Å². The first-order valence-corrected chi connectivity index (χ1v) is 6.69. The highest BCUT2D eigenvalue weighted by Gasteiger charge is 2.04. The maximum absolute atomic E-state index is 5.58. The minimum Gasteiger partial charge on any atom is -0.389 e. The molecule has 0 saturated heterocycles. The largest absolute Gasteiger partial charge is 0.389 e. The predicted octanol–water partition coefficient (Wildman–Crippen LogP) is 2.94. The van der Waals surface area contributed by atoms with Gasteiger partial charge >= 0.3 is 0 Å². The van der Waals surface area contributed by atoms with Crippen LogP contribution < -0.4 is 5.73 Å². The number of hydrogen-bond acceptors (Lipinski definition) is 2. The Hall–Kier alpha value is -0.930. The van der Waals surface area contributed by atoms with E-state index >= 15 is 0 Å². The zero-order chi connectivity index (χ0) is 12.7. The van der Waals surface area contributed by atoms with Crippen LogP contribution >= 0.6 is 12.2 Å². The van der Waals surface area contributed by atoms with E-state index in [1.165, 1.54) is 18.4 Å². The summed E-state index contributed by atoms with van der Waals surface area (Å²) in [4.78, 5) is 2.95. The molecule has 17 heavy (non-hydrogen) atoms. The molecule has 0 aliphatic rings. The Kier molecular flexibility index (Phi) is 6.16. The van der Waals surface area contributed by atoms with E-state index in [1.54, 1.807) is 0 Å².